The number of hydrogen-bond acceptors (Lipinski definition) is 1. The first-order valence-electron chi connectivity index (χ1n) is 9.76. The largest absolute Gasteiger partial charge is 0.490 e. The summed E-state index contributed by atoms with van der Waals surface area (Å²) in [6.07, 6.45) is 11.0. The molecule has 0 aromatic heterocycles. The van der Waals surface area contributed by atoms with Gasteiger partial charge in [0.1, 0.15) is 12.4 Å². The summed E-state index contributed by atoms with van der Waals surface area (Å²) in [5.74, 6) is 7.29. The Morgan fingerprint density at radius 3 is 2.00 bits per heavy atom. The molecular formula is C25H30O. The fourth-order valence-corrected chi connectivity index (χ4v) is 2.80. The van der Waals surface area contributed by atoms with Crippen LogP contribution in [0.3, 0.4) is 0 Å². The van der Waals surface area contributed by atoms with E-state index in [1.54, 1.807) is 6.08 Å². The summed E-state index contributed by atoms with van der Waals surface area (Å²) in [5.41, 5.74) is 3.46. The van der Waals surface area contributed by atoms with Crippen molar-refractivity contribution in [2.75, 3.05) is 6.61 Å². The molecule has 1 heteroatoms. The third-order valence-electron chi connectivity index (χ3n) is 4.35. The standard InChI is InChI=1S/C25H30O/c1-3-5-6-7-8-9-10-22-11-13-23(14-12-22)15-16-24-17-19-25(20-18-24)26-21-4-2/h4,11-14,17-20H,2-3,5-10,21H2,1H3. The minimum atomic E-state index is 0.524. The van der Waals surface area contributed by atoms with E-state index in [-0.39, 0.29) is 0 Å². The molecule has 0 spiro atoms. The molecule has 26 heavy (non-hydrogen) atoms. The highest BCUT2D eigenvalue weighted by Crippen LogP contribution is 2.13. The van der Waals surface area contributed by atoms with E-state index in [9.17, 15) is 0 Å². The Balaban J connectivity index is 1.80. The van der Waals surface area contributed by atoms with Gasteiger partial charge in [-0.2, -0.15) is 0 Å². The average molecular weight is 347 g/mol. The van der Waals surface area contributed by atoms with Crippen LogP contribution in [-0.4, -0.2) is 6.61 Å². The molecule has 136 valence electrons. The van der Waals surface area contributed by atoms with E-state index in [4.69, 9.17) is 4.74 Å². The summed E-state index contributed by atoms with van der Waals surface area (Å²) in [4.78, 5) is 0. The van der Waals surface area contributed by atoms with Crippen molar-refractivity contribution in [1.29, 1.82) is 0 Å². The Hall–Kier alpha value is -2.46. The van der Waals surface area contributed by atoms with Crippen molar-refractivity contribution in [1.82, 2.24) is 0 Å². The second kappa shape index (κ2) is 12.0. The summed E-state index contributed by atoms with van der Waals surface area (Å²) in [6, 6.07) is 16.5. The van der Waals surface area contributed by atoms with Crippen molar-refractivity contribution in [3.8, 4) is 17.6 Å². The van der Waals surface area contributed by atoms with Gasteiger partial charge in [-0.25, -0.2) is 0 Å². The lowest BCUT2D eigenvalue weighted by Gasteiger charge is -2.02. The maximum absolute atomic E-state index is 5.48. The fraction of sp³-hybridized carbons (Fsp3) is 0.360. The van der Waals surface area contributed by atoms with Crippen molar-refractivity contribution in [2.45, 2.75) is 51.9 Å². The van der Waals surface area contributed by atoms with E-state index in [1.165, 1.54) is 50.5 Å². The van der Waals surface area contributed by atoms with Gasteiger partial charge in [0.25, 0.3) is 0 Å². The minimum Gasteiger partial charge on any atom is -0.490 e. The molecule has 0 aliphatic heterocycles. The third kappa shape index (κ3) is 7.62. The summed E-state index contributed by atoms with van der Waals surface area (Å²) < 4.78 is 5.48. The molecule has 0 heterocycles. The van der Waals surface area contributed by atoms with E-state index in [2.05, 4.69) is 49.6 Å². The Morgan fingerprint density at radius 2 is 1.38 bits per heavy atom. The first-order valence-corrected chi connectivity index (χ1v) is 9.76. The molecule has 0 amide bonds. The molecule has 0 saturated carbocycles. The van der Waals surface area contributed by atoms with Gasteiger partial charge >= 0.3 is 0 Å². The van der Waals surface area contributed by atoms with Crippen molar-refractivity contribution < 1.29 is 4.74 Å². The van der Waals surface area contributed by atoms with E-state index >= 15 is 0 Å². The monoisotopic (exact) mass is 346 g/mol. The van der Waals surface area contributed by atoms with Gasteiger partial charge in [-0.3, -0.25) is 0 Å². The van der Waals surface area contributed by atoms with Gasteiger partial charge in [0.05, 0.1) is 0 Å². The molecular weight excluding hydrogens is 316 g/mol. The highest BCUT2D eigenvalue weighted by atomic mass is 16.5. The highest BCUT2D eigenvalue weighted by molar-refractivity contribution is 5.44. The lowest BCUT2D eigenvalue weighted by atomic mass is 10.0. The van der Waals surface area contributed by atoms with Crippen LogP contribution >= 0.6 is 0 Å². The molecule has 2 rings (SSSR count). The van der Waals surface area contributed by atoms with Crippen LogP contribution in [0, 0.1) is 11.8 Å². The molecule has 0 unspecified atom stereocenters. The Kier molecular flexibility index (Phi) is 9.15. The zero-order valence-corrected chi connectivity index (χ0v) is 16.0. The van der Waals surface area contributed by atoms with Gasteiger partial charge in [-0.15, -0.1) is 0 Å². The van der Waals surface area contributed by atoms with Gasteiger partial charge < -0.3 is 4.74 Å². The predicted octanol–water partition coefficient (Wildman–Crippen LogP) is 6.55. The second-order valence-electron chi connectivity index (χ2n) is 6.59. The molecule has 2 aromatic carbocycles. The fourth-order valence-electron chi connectivity index (χ4n) is 2.80. The van der Waals surface area contributed by atoms with Crippen molar-refractivity contribution in [2.24, 2.45) is 0 Å². The summed E-state index contributed by atoms with van der Waals surface area (Å²) in [6.45, 7) is 6.43. The number of hydrogen-bond donors (Lipinski definition) is 0. The van der Waals surface area contributed by atoms with Gasteiger partial charge in [-0.05, 0) is 54.8 Å². The molecule has 0 bridgehead atoms. The zero-order chi connectivity index (χ0) is 18.5. The minimum absolute atomic E-state index is 0.524. The molecule has 0 aliphatic rings. The normalized spacial score (nSPS) is 10.0. The van der Waals surface area contributed by atoms with Crippen LogP contribution in [0.2, 0.25) is 0 Å². The lowest BCUT2D eigenvalue weighted by Crippen LogP contribution is -1.92. The molecule has 2 aromatic rings. The topological polar surface area (TPSA) is 9.23 Å². The maximum atomic E-state index is 5.48. The van der Waals surface area contributed by atoms with Crippen LogP contribution in [0.1, 0.15) is 62.1 Å². The van der Waals surface area contributed by atoms with E-state index in [0.717, 1.165) is 16.9 Å². The van der Waals surface area contributed by atoms with Crippen LogP contribution in [-0.2, 0) is 6.42 Å². The van der Waals surface area contributed by atoms with E-state index < -0.39 is 0 Å². The van der Waals surface area contributed by atoms with Crippen LogP contribution in [0.15, 0.2) is 61.2 Å². The number of rotatable bonds is 10. The molecule has 0 radical (unpaired) electrons. The SMILES string of the molecule is C=CCOc1ccc(C#Cc2ccc(CCCCCCCC)cc2)cc1. The van der Waals surface area contributed by atoms with Crippen molar-refractivity contribution in [3.63, 3.8) is 0 Å². The zero-order valence-electron chi connectivity index (χ0n) is 16.0. The first-order chi connectivity index (χ1) is 12.8. The molecule has 0 aliphatic carbocycles. The van der Waals surface area contributed by atoms with Gasteiger partial charge in [-0.1, -0.05) is 75.7 Å². The van der Waals surface area contributed by atoms with Gasteiger partial charge in [0.2, 0.25) is 0 Å². The predicted molar refractivity (Wildman–Crippen MR) is 112 cm³/mol. The lowest BCUT2D eigenvalue weighted by molar-refractivity contribution is 0.363. The van der Waals surface area contributed by atoms with E-state index in [0.29, 0.717) is 6.61 Å². The quantitative estimate of drug-likeness (QED) is 0.269. The number of aryl methyl sites for hydroxylation is 1. The third-order valence-corrected chi connectivity index (χ3v) is 4.35. The van der Waals surface area contributed by atoms with Crippen LogP contribution in [0.25, 0.3) is 0 Å². The highest BCUT2D eigenvalue weighted by Gasteiger charge is 1.95. The molecule has 0 fully saturated rings. The maximum Gasteiger partial charge on any atom is 0.119 e. The van der Waals surface area contributed by atoms with Gasteiger partial charge in [0.15, 0.2) is 0 Å². The van der Waals surface area contributed by atoms with Crippen molar-refractivity contribution in [3.05, 3.63) is 77.9 Å². The van der Waals surface area contributed by atoms with E-state index in [1.807, 2.05) is 24.3 Å². The van der Waals surface area contributed by atoms with Crippen LogP contribution in [0.4, 0.5) is 0 Å². The second-order valence-corrected chi connectivity index (χ2v) is 6.59. The Labute approximate surface area is 159 Å². The average Bonchev–Trinajstić information content (AvgIpc) is 2.69. The molecule has 0 saturated heterocycles. The number of unbranched alkanes of at least 4 members (excludes halogenated alkanes) is 5. The molecule has 0 N–H and O–H groups in total. The van der Waals surface area contributed by atoms with Crippen LogP contribution < -0.4 is 4.74 Å². The molecule has 1 nitrogen and oxygen atoms in total. The van der Waals surface area contributed by atoms with Crippen LogP contribution in [0.5, 0.6) is 5.75 Å². The van der Waals surface area contributed by atoms with Gasteiger partial charge in [0, 0.05) is 11.1 Å². The summed E-state index contributed by atoms with van der Waals surface area (Å²) >= 11 is 0. The van der Waals surface area contributed by atoms with Crippen molar-refractivity contribution >= 4 is 0 Å². The Morgan fingerprint density at radius 1 is 0.808 bits per heavy atom. The summed E-state index contributed by atoms with van der Waals surface area (Å²) in [5, 5.41) is 0. The number of ether oxygens (including phenoxy) is 1. The Bertz CT molecular complexity index is 699. The number of benzene rings is 2. The molecule has 0 atom stereocenters. The first kappa shape index (κ1) is 19.9. The summed E-state index contributed by atoms with van der Waals surface area (Å²) in [7, 11) is 0. The smallest absolute Gasteiger partial charge is 0.119 e.